The van der Waals surface area contributed by atoms with Crippen molar-refractivity contribution in [3.8, 4) is 0 Å². The number of carbonyl (C=O) groups is 1. The predicted molar refractivity (Wildman–Crippen MR) is 74.0 cm³/mol. The van der Waals surface area contributed by atoms with Gasteiger partial charge in [-0.25, -0.2) is 0 Å². The molecule has 1 aliphatic rings. The summed E-state index contributed by atoms with van der Waals surface area (Å²) in [5.41, 5.74) is -0.892. The maximum absolute atomic E-state index is 11.3. The Balaban J connectivity index is 2.09. The van der Waals surface area contributed by atoms with Gasteiger partial charge in [0, 0.05) is 0 Å². The van der Waals surface area contributed by atoms with Gasteiger partial charge in [0.15, 0.2) is 0 Å². The first kappa shape index (κ1) is 14.1. The Morgan fingerprint density at radius 1 is 1.21 bits per heavy atom. The molecule has 0 atom stereocenters. The van der Waals surface area contributed by atoms with Crippen LogP contribution in [0.15, 0.2) is 30.3 Å². The molecule has 1 aromatic rings. The summed E-state index contributed by atoms with van der Waals surface area (Å²) in [6, 6.07) is 10.3. The first-order valence-electron chi connectivity index (χ1n) is 6.87. The van der Waals surface area contributed by atoms with E-state index in [4.69, 9.17) is 0 Å². The Kier molecular flexibility index (Phi) is 3.68. The molecular formula is C16H22O3. The van der Waals surface area contributed by atoms with E-state index in [0.717, 1.165) is 12.8 Å². The fourth-order valence-electron chi connectivity index (χ4n) is 2.98. The summed E-state index contributed by atoms with van der Waals surface area (Å²) in [6.07, 6.45) is 2.78. The zero-order chi connectivity index (χ0) is 14.1. The summed E-state index contributed by atoms with van der Waals surface area (Å²) < 4.78 is 0. The molecule has 0 amide bonds. The molecule has 0 aliphatic heterocycles. The van der Waals surface area contributed by atoms with Crippen LogP contribution in [-0.4, -0.2) is 21.8 Å². The summed E-state index contributed by atoms with van der Waals surface area (Å²) in [5, 5.41) is 19.9. The van der Waals surface area contributed by atoms with Crippen molar-refractivity contribution in [2.75, 3.05) is 0 Å². The predicted octanol–water partition coefficient (Wildman–Crippen LogP) is 3.19. The molecule has 1 saturated carbocycles. The first-order valence-corrected chi connectivity index (χ1v) is 6.87. The minimum Gasteiger partial charge on any atom is -0.481 e. The molecule has 0 bridgehead atoms. The van der Waals surface area contributed by atoms with E-state index >= 15 is 0 Å². The summed E-state index contributed by atoms with van der Waals surface area (Å²) in [5.74, 6) is -0.487. The monoisotopic (exact) mass is 262 g/mol. The largest absolute Gasteiger partial charge is 0.481 e. The van der Waals surface area contributed by atoms with Gasteiger partial charge in [-0.1, -0.05) is 30.3 Å². The third-order valence-corrected chi connectivity index (χ3v) is 4.78. The molecule has 0 spiro atoms. The quantitative estimate of drug-likeness (QED) is 0.879. The molecule has 3 heteroatoms. The van der Waals surface area contributed by atoms with Crippen LogP contribution < -0.4 is 0 Å². The molecule has 3 nitrogen and oxygen atoms in total. The first-order chi connectivity index (χ1) is 8.87. The van der Waals surface area contributed by atoms with E-state index < -0.39 is 17.0 Å². The van der Waals surface area contributed by atoms with Crippen molar-refractivity contribution in [3.63, 3.8) is 0 Å². The van der Waals surface area contributed by atoms with Gasteiger partial charge >= 0.3 is 5.97 Å². The Labute approximate surface area is 114 Å². The molecule has 0 radical (unpaired) electrons. The fourth-order valence-corrected chi connectivity index (χ4v) is 2.98. The number of carboxylic acids is 1. The van der Waals surface area contributed by atoms with E-state index in [1.165, 1.54) is 5.56 Å². The molecule has 1 aromatic carbocycles. The van der Waals surface area contributed by atoms with Gasteiger partial charge in [0.2, 0.25) is 0 Å². The van der Waals surface area contributed by atoms with Gasteiger partial charge < -0.3 is 10.2 Å². The topological polar surface area (TPSA) is 57.5 Å². The number of aliphatic hydroxyl groups is 1. The normalized spacial score (nSPS) is 28.1. The SMILES string of the molecule is CC(C)(C(=O)O)C1(O)CCC(c2ccccc2)CC1. The number of rotatable bonds is 3. The van der Waals surface area contributed by atoms with Crippen LogP contribution in [0.2, 0.25) is 0 Å². The van der Waals surface area contributed by atoms with Crippen LogP contribution in [-0.2, 0) is 4.79 Å². The summed E-state index contributed by atoms with van der Waals surface area (Å²) >= 11 is 0. The molecule has 2 rings (SSSR count). The van der Waals surface area contributed by atoms with Gasteiger partial charge in [0.25, 0.3) is 0 Å². The van der Waals surface area contributed by atoms with Gasteiger partial charge in [-0.05, 0) is 51.0 Å². The molecule has 0 unspecified atom stereocenters. The Morgan fingerprint density at radius 3 is 2.21 bits per heavy atom. The summed E-state index contributed by atoms with van der Waals surface area (Å²) in [4.78, 5) is 11.3. The second kappa shape index (κ2) is 4.97. The fraction of sp³-hybridized carbons (Fsp3) is 0.562. The van der Waals surface area contributed by atoms with Crippen LogP contribution in [0, 0.1) is 5.41 Å². The number of hydrogen-bond acceptors (Lipinski definition) is 2. The van der Waals surface area contributed by atoms with Crippen molar-refractivity contribution in [1.82, 2.24) is 0 Å². The lowest BCUT2D eigenvalue weighted by atomic mass is 9.64. The van der Waals surface area contributed by atoms with Crippen LogP contribution in [0.5, 0.6) is 0 Å². The average molecular weight is 262 g/mol. The second-order valence-electron chi connectivity index (χ2n) is 6.15. The van der Waals surface area contributed by atoms with E-state index in [9.17, 15) is 15.0 Å². The van der Waals surface area contributed by atoms with Crippen LogP contribution in [0.1, 0.15) is 51.0 Å². The van der Waals surface area contributed by atoms with Crippen LogP contribution in [0.3, 0.4) is 0 Å². The summed E-state index contributed by atoms with van der Waals surface area (Å²) in [7, 11) is 0. The van der Waals surface area contributed by atoms with Crippen molar-refractivity contribution >= 4 is 5.97 Å². The summed E-state index contributed by atoms with van der Waals surface area (Å²) in [6.45, 7) is 3.25. The highest BCUT2D eigenvalue weighted by Gasteiger charge is 2.50. The van der Waals surface area contributed by atoms with Crippen molar-refractivity contribution in [2.45, 2.75) is 51.0 Å². The van der Waals surface area contributed by atoms with Gasteiger partial charge in [0.05, 0.1) is 11.0 Å². The smallest absolute Gasteiger partial charge is 0.312 e. The molecular weight excluding hydrogens is 240 g/mol. The van der Waals surface area contributed by atoms with E-state index in [-0.39, 0.29) is 0 Å². The zero-order valence-electron chi connectivity index (χ0n) is 11.6. The molecule has 0 heterocycles. The Hall–Kier alpha value is -1.35. The lowest BCUT2D eigenvalue weighted by Gasteiger charge is -2.44. The molecule has 2 N–H and O–H groups in total. The number of benzene rings is 1. The van der Waals surface area contributed by atoms with Crippen molar-refractivity contribution in [1.29, 1.82) is 0 Å². The average Bonchev–Trinajstić information content (AvgIpc) is 2.40. The molecule has 19 heavy (non-hydrogen) atoms. The molecule has 1 aliphatic carbocycles. The third kappa shape index (κ3) is 2.52. The molecule has 0 saturated heterocycles. The van der Waals surface area contributed by atoms with Gasteiger partial charge in [0.1, 0.15) is 0 Å². The van der Waals surface area contributed by atoms with Crippen LogP contribution >= 0.6 is 0 Å². The maximum Gasteiger partial charge on any atom is 0.312 e. The molecule has 1 fully saturated rings. The Bertz CT molecular complexity index is 442. The van der Waals surface area contributed by atoms with E-state index in [1.54, 1.807) is 13.8 Å². The maximum atomic E-state index is 11.3. The zero-order valence-corrected chi connectivity index (χ0v) is 11.6. The minimum absolute atomic E-state index is 0.436. The number of aliphatic carboxylic acids is 1. The number of carboxylic acid groups (broad SMARTS) is 1. The van der Waals surface area contributed by atoms with Crippen molar-refractivity contribution in [2.24, 2.45) is 5.41 Å². The Morgan fingerprint density at radius 2 is 1.74 bits per heavy atom. The van der Waals surface area contributed by atoms with Gasteiger partial charge in [-0.2, -0.15) is 0 Å². The molecule has 0 aromatic heterocycles. The lowest BCUT2D eigenvalue weighted by molar-refractivity contribution is -0.169. The van der Waals surface area contributed by atoms with Crippen LogP contribution in [0.4, 0.5) is 0 Å². The van der Waals surface area contributed by atoms with Crippen molar-refractivity contribution in [3.05, 3.63) is 35.9 Å². The minimum atomic E-state index is -1.09. The van der Waals surface area contributed by atoms with Crippen LogP contribution in [0.25, 0.3) is 0 Å². The number of hydrogen-bond donors (Lipinski definition) is 2. The van der Waals surface area contributed by atoms with Gasteiger partial charge in [-0.15, -0.1) is 0 Å². The highest BCUT2D eigenvalue weighted by Crippen LogP contribution is 2.46. The third-order valence-electron chi connectivity index (χ3n) is 4.78. The van der Waals surface area contributed by atoms with Crippen molar-refractivity contribution < 1.29 is 15.0 Å². The van der Waals surface area contributed by atoms with E-state index in [1.807, 2.05) is 18.2 Å². The second-order valence-corrected chi connectivity index (χ2v) is 6.15. The highest BCUT2D eigenvalue weighted by atomic mass is 16.4. The van der Waals surface area contributed by atoms with Gasteiger partial charge in [-0.3, -0.25) is 4.79 Å². The standard InChI is InChI=1S/C16H22O3/c1-15(2,14(17)18)16(19)10-8-13(9-11-16)12-6-4-3-5-7-12/h3-7,13,19H,8-11H2,1-2H3,(H,17,18). The van der Waals surface area contributed by atoms with E-state index in [0.29, 0.717) is 18.8 Å². The lowest BCUT2D eigenvalue weighted by Crippen LogP contribution is -2.51. The highest BCUT2D eigenvalue weighted by molar-refractivity contribution is 5.75. The van der Waals surface area contributed by atoms with E-state index in [2.05, 4.69) is 12.1 Å². The molecule has 104 valence electrons.